The van der Waals surface area contributed by atoms with Gasteiger partial charge in [0.15, 0.2) is 0 Å². The van der Waals surface area contributed by atoms with Gasteiger partial charge in [-0.2, -0.15) is 0 Å². The zero-order chi connectivity index (χ0) is 12.5. The SMILES string of the molecule is CCn1cc(NC2CCN(C3CC3)C2)ccc1=O. The molecule has 1 aromatic heterocycles. The van der Waals surface area contributed by atoms with Crippen molar-refractivity contribution in [3.8, 4) is 0 Å². The molecule has 1 aromatic rings. The molecular formula is C14H21N3O. The predicted octanol–water partition coefficient (Wildman–Crippen LogP) is 1.52. The number of aromatic nitrogens is 1. The van der Waals surface area contributed by atoms with Gasteiger partial charge in [0.05, 0.1) is 5.69 Å². The summed E-state index contributed by atoms with van der Waals surface area (Å²) in [5.74, 6) is 0. The van der Waals surface area contributed by atoms with Crippen LogP contribution in [0.2, 0.25) is 0 Å². The summed E-state index contributed by atoms with van der Waals surface area (Å²) < 4.78 is 1.75. The van der Waals surface area contributed by atoms with Gasteiger partial charge in [-0.05, 0) is 32.3 Å². The minimum Gasteiger partial charge on any atom is -0.380 e. The topological polar surface area (TPSA) is 37.3 Å². The van der Waals surface area contributed by atoms with Gasteiger partial charge in [-0.1, -0.05) is 0 Å². The Morgan fingerprint density at radius 1 is 1.33 bits per heavy atom. The van der Waals surface area contributed by atoms with Gasteiger partial charge >= 0.3 is 0 Å². The fraction of sp³-hybridized carbons (Fsp3) is 0.643. The molecule has 0 amide bonds. The number of aryl methyl sites for hydroxylation is 1. The third-order valence-electron chi connectivity index (χ3n) is 3.98. The molecule has 18 heavy (non-hydrogen) atoms. The Hall–Kier alpha value is -1.29. The van der Waals surface area contributed by atoms with E-state index in [1.54, 1.807) is 10.6 Å². The number of likely N-dealkylation sites (tertiary alicyclic amines) is 1. The number of anilines is 1. The van der Waals surface area contributed by atoms with Crippen LogP contribution in [0.5, 0.6) is 0 Å². The maximum absolute atomic E-state index is 11.5. The molecule has 1 unspecified atom stereocenters. The summed E-state index contributed by atoms with van der Waals surface area (Å²) in [4.78, 5) is 14.1. The molecule has 1 saturated heterocycles. The zero-order valence-corrected chi connectivity index (χ0v) is 10.9. The highest BCUT2D eigenvalue weighted by Gasteiger charge is 2.34. The van der Waals surface area contributed by atoms with Crippen LogP contribution in [0.3, 0.4) is 0 Å². The van der Waals surface area contributed by atoms with Gasteiger partial charge in [0.1, 0.15) is 0 Å². The summed E-state index contributed by atoms with van der Waals surface area (Å²) >= 11 is 0. The summed E-state index contributed by atoms with van der Waals surface area (Å²) in [6, 6.07) is 4.95. The van der Waals surface area contributed by atoms with Crippen LogP contribution in [-0.2, 0) is 6.54 Å². The zero-order valence-electron chi connectivity index (χ0n) is 10.9. The molecular weight excluding hydrogens is 226 g/mol. The molecule has 0 spiro atoms. The number of nitrogens with zero attached hydrogens (tertiary/aromatic N) is 2. The molecule has 1 aliphatic heterocycles. The van der Waals surface area contributed by atoms with Crippen LogP contribution in [0.15, 0.2) is 23.1 Å². The van der Waals surface area contributed by atoms with Crippen LogP contribution < -0.4 is 10.9 Å². The Kier molecular flexibility index (Phi) is 3.12. The number of rotatable bonds is 4. The molecule has 1 N–H and O–H groups in total. The lowest BCUT2D eigenvalue weighted by molar-refractivity contribution is 0.326. The average molecular weight is 247 g/mol. The van der Waals surface area contributed by atoms with Gasteiger partial charge in [0, 0.05) is 44.0 Å². The average Bonchev–Trinajstić information content (AvgIpc) is 3.13. The fourth-order valence-corrected chi connectivity index (χ4v) is 2.78. The van der Waals surface area contributed by atoms with Crippen LogP contribution in [0.1, 0.15) is 26.2 Å². The maximum atomic E-state index is 11.5. The van der Waals surface area contributed by atoms with Crippen molar-refractivity contribution in [3.05, 3.63) is 28.7 Å². The van der Waals surface area contributed by atoms with E-state index in [1.807, 2.05) is 19.2 Å². The standard InChI is InChI=1S/C14H21N3O/c1-2-16-9-11(3-6-14(16)18)15-12-7-8-17(10-12)13-4-5-13/h3,6,9,12-13,15H,2,4-5,7-8,10H2,1H3. The van der Waals surface area contributed by atoms with Crippen LogP contribution >= 0.6 is 0 Å². The molecule has 4 heteroatoms. The lowest BCUT2D eigenvalue weighted by atomic mass is 10.2. The Balaban J connectivity index is 1.64. The van der Waals surface area contributed by atoms with Crippen LogP contribution in [0.25, 0.3) is 0 Å². The Labute approximate surface area is 108 Å². The molecule has 3 rings (SSSR count). The van der Waals surface area contributed by atoms with Gasteiger partial charge in [0.25, 0.3) is 5.56 Å². The molecule has 0 bridgehead atoms. The molecule has 2 aliphatic rings. The molecule has 0 radical (unpaired) electrons. The third kappa shape index (κ3) is 2.43. The van der Waals surface area contributed by atoms with Crippen molar-refractivity contribution in [3.63, 3.8) is 0 Å². The second-order valence-corrected chi connectivity index (χ2v) is 5.40. The fourth-order valence-electron chi connectivity index (χ4n) is 2.78. The molecule has 2 heterocycles. The Bertz CT molecular complexity index is 478. The summed E-state index contributed by atoms with van der Waals surface area (Å²) in [6.45, 7) is 5.09. The smallest absolute Gasteiger partial charge is 0.250 e. The highest BCUT2D eigenvalue weighted by atomic mass is 16.1. The number of nitrogens with one attached hydrogen (secondary N) is 1. The lowest BCUT2D eigenvalue weighted by Gasteiger charge is -2.17. The maximum Gasteiger partial charge on any atom is 0.250 e. The van der Waals surface area contributed by atoms with Gasteiger partial charge in [0.2, 0.25) is 0 Å². The van der Waals surface area contributed by atoms with Gasteiger partial charge in [-0.3, -0.25) is 9.69 Å². The highest BCUT2D eigenvalue weighted by molar-refractivity contribution is 5.41. The summed E-state index contributed by atoms with van der Waals surface area (Å²) in [5.41, 5.74) is 1.15. The van der Waals surface area contributed by atoms with Gasteiger partial charge in [-0.15, -0.1) is 0 Å². The first-order valence-corrected chi connectivity index (χ1v) is 6.97. The first-order valence-electron chi connectivity index (χ1n) is 6.97. The number of pyridine rings is 1. The minimum absolute atomic E-state index is 0.0779. The second-order valence-electron chi connectivity index (χ2n) is 5.40. The van der Waals surface area contributed by atoms with Crippen LogP contribution in [0.4, 0.5) is 5.69 Å². The van der Waals surface area contributed by atoms with E-state index in [4.69, 9.17) is 0 Å². The number of hydrogen-bond donors (Lipinski definition) is 1. The Morgan fingerprint density at radius 2 is 2.17 bits per heavy atom. The van der Waals surface area contributed by atoms with E-state index in [0.29, 0.717) is 6.04 Å². The predicted molar refractivity (Wildman–Crippen MR) is 73.0 cm³/mol. The van der Waals surface area contributed by atoms with Crippen LogP contribution in [0, 0.1) is 0 Å². The monoisotopic (exact) mass is 247 g/mol. The van der Waals surface area contributed by atoms with Crippen molar-refractivity contribution in [1.29, 1.82) is 0 Å². The van der Waals surface area contributed by atoms with E-state index in [9.17, 15) is 4.79 Å². The molecule has 0 aromatic carbocycles. The van der Waals surface area contributed by atoms with Crippen molar-refractivity contribution in [2.45, 2.75) is 44.8 Å². The quantitative estimate of drug-likeness (QED) is 0.876. The minimum atomic E-state index is 0.0779. The van der Waals surface area contributed by atoms with Gasteiger partial charge < -0.3 is 9.88 Å². The largest absolute Gasteiger partial charge is 0.380 e. The first kappa shape index (κ1) is 11.8. The molecule has 98 valence electrons. The number of hydrogen-bond acceptors (Lipinski definition) is 3. The van der Waals surface area contributed by atoms with Crippen molar-refractivity contribution >= 4 is 5.69 Å². The molecule has 2 fully saturated rings. The normalized spacial score (nSPS) is 24.4. The van der Waals surface area contributed by atoms with E-state index < -0.39 is 0 Å². The molecule has 1 aliphatic carbocycles. The van der Waals surface area contributed by atoms with E-state index in [1.165, 1.54) is 25.8 Å². The van der Waals surface area contributed by atoms with E-state index in [2.05, 4.69) is 10.2 Å². The third-order valence-corrected chi connectivity index (χ3v) is 3.98. The highest BCUT2D eigenvalue weighted by Crippen LogP contribution is 2.30. The summed E-state index contributed by atoms with van der Waals surface area (Å²) in [6.07, 6.45) is 5.91. The summed E-state index contributed by atoms with van der Waals surface area (Å²) in [7, 11) is 0. The molecule has 1 atom stereocenters. The van der Waals surface area contributed by atoms with E-state index in [-0.39, 0.29) is 5.56 Å². The van der Waals surface area contributed by atoms with Crippen LogP contribution in [-0.4, -0.2) is 34.6 Å². The Morgan fingerprint density at radius 3 is 2.89 bits per heavy atom. The van der Waals surface area contributed by atoms with Crippen molar-refractivity contribution in [2.24, 2.45) is 0 Å². The van der Waals surface area contributed by atoms with Crippen molar-refractivity contribution < 1.29 is 0 Å². The van der Waals surface area contributed by atoms with Crippen molar-refractivity contribution in [2.75, 3.05) is 18.4 Å². The summed E-state index contributed by atoms with van der Waals surface area (Å²) in [5, 5.41) is 3.55. The van der Waals surface area contributed by atoms with Gasteiger partial charge in [-0.25, -0.2) is 0 Å². The van der Waals surface area contributed by atoms with Crippen molar-refractivity contribution in [1.82, 2.24) is 9.47 Å². The second kappa shape index (κ2) is 4.76. The van der Waals surface area contributed by atoms with E-state index in [0.717, 1.165) is 24.8 Å². The molecule has 1 saturated carbocycles. The van der Waals surface area contributed by atoms with E-state index >= 15 is 0 Å². The lowest BCUT2D eigenvalue weighted by Crippen LogP contribution is -2.28. The molecule has 4 nitrogen and oxygen atoms in total. The first-order chi connectivity index (χ1) is 8.76.